The van der Waals surface area contributed by atoms with Gasteiger partial charge in [-0.1, -0.05) is 54.1 Å². The first-order chi connectivity index (χ1) is 11.6. The van der Waals surface area contributed by atoms with E-state index in [0.717, 1.165) is 5.56 Å². The van der Waals surface area contributed by atoms with Crippen LogP contribution < -0.4 is 0 Å². The number of hydrogen-bond donors (Lipinski definition) is 0. The Hall–Kier alpha value is -2.73. The van der Waals surface area contributed by atoms with E-state index in [-0.39, 0.29) is 12.5 Å². The summed E-state index contributed by atoms with van der Waals surface area (Å²) >= 11 is 6.12. The smallest absolute Gasteiger partial charge is 0.246 e. The number of hydrogen-bond acceptors (Lipinski definition) is 4. The molecular formula is C17H16ClN5O. The van der Waals surface area contributed by atoms with Gasteiger partial charge in [-0.3, -0.25) is 4.79 Å². The predicted octanol–water partition coefficient (Wildman–Crippen LogP) is 2.65. The molecule has 0 saturated heterocycles. The fourth-order valence-corrected chi connectivity index (χ4v) is 2.47. The van der Waals surface area contributed by atoms with E-state index < -0.39 is 0 Å². The van der Waals surface area contributed by atoms with Crippen molar-refractivity contribution in [2.24, 2.45) is 0 Å². The average molecular weight is 342 g/mol. The van der Waals surface area contributed by atoms with Gasteiger partial charge in [-0.2, -0.15) is 4.80 Å². The lowest BCUT2D eigenvalue weighted by molar-refractivity contribution is -0.131. The van der Waals surface area contributed by atoms with Crippen molar-refractivity contribution in [1.82, 2.24) is 25.1 Å². The second kappa shape index (κ2) is 7.23. The van der Waals surface area contributed by atoms with Gasteiger partial charge in [0.25, 0.3) is 0 Å². The maximum atomic E-state index is 12.3. The van der Waals surface area contributed by atoms with Crippen LogP contribution in [-0.2, 0) is 17.9 Å². The minimum atomic E-state index is -0.0954. The summed E-state index contributed by atoms with van der Waals surface area (Å²) < 4.78 is 0. The molecule has 0 aliphatic rings. The fraction of sp³-hybridized carbons (Fsp3) is 0.176. The summed E-state index contributed by atoms with van der Waals surface area (Å²) in [6.45, 7) is 0.562. The van der Waals surface area contributed by atoms with Crippen LogP contribution in [0.15, 0.2) is 54.6 Å². The average Bonchev–Trinajstić information content (AvgIpc) is 3.04. The molecular weight excluding hydrogens is 326 g/mol. The zero-order valence-electron chi connectivity index (χ0n) is 13.1. The monoisotopic (exact) mass is 341 g/mol. The number of halogens is 1. The van der Waals surface area contributed by atoms with Crippen LogP contribution >= 0.6 is 11.6 Å². The Kier molecular flexibility index (Phi) is 4.86. The minimum Gasteiger partial charge on any atom is -0.340 e. The molecule has 122 valence electrons. The third kappa shape index (κ3) is 3.78. The summed E-state index contributed by atoms with van der Waals surface area (Å²) in [4.78, 5) is 15.2. The van der Waals surface area contributed by atoms with Gasteiger partial charge in [-0.05, 0) is 22.9 Å². The van der Waals surface area contributed by atoms with E-state index in [1.54, 1.807) is 18.0 Å². The summed E-state index contributed by atoms with van der Waals surface area (Å²) in [5.41, 5.74) is 1.76. The Labute approximate surface area is 144 Å². The highest BCUT2D eigenvalue weighted by Crippen LogP contribution is 2.23. The van der Waals surface area contributed by atoms with Crippen LogP contribution in [-0.4, -0.2) is 38.1 Å². The van der Waals surface area contributed by atoms with Crippen LogP contribution in [0, 0.1) is 0 Å². The van der Waals surface area contributed by atoms with Gasteiger partial charge >= 0.3 is 0 Å². The van der Waals surface area contributed by atoms with Gasteiger partial charge in [0.15, 0.2) is 0 Å². The SMILES string of the molecule is CN(Cc1ccccc1)C(=O)Cn1nnc(-c2ccccc2Cl)n1. The Morgan fingerprint density at radius 2 is 1.83 bits per heavy atom. The highest BCUT2D eigenvalue weighted by Gasteiger charge is 2.14. The quantitative estimate of drug-likeness (QED) is 0.715. The van der Waals surface area contributed by atoms with Gasteiger partial charge in [0.2, 0.25) is 11.7 Å². The Bertz CT molecular complexity index is 834. The lowest BCUT2D eigenvalue weighted by Gasteiger charge is -2.16. The van der Waals surface area contributed by atoms with Crippen LogP contribution in [0.2, 0.25) is 5.02 Å². The Morgan fingerprint density at radius 1 is 1.12 bits per heavy atom. The van der Waals surface area contributed by atoms with E-state index in [1.165, 1.54) is 4.80 Å². The molecule has 0 atom stereocenters. The molecule has 1 amide bonds. The molecule has 0 radical (unpaired) electrons. The van der Waals surface area contributed by atoms with Gasteiger partial charge in [0.05, 0.1) is 5.02 Å². The van der Waals surface area contributed by atoms with Gasteiger partial charge in [-0.15, -0.1) is 10.2 Å². The van der Waals surface area contributed by atoms with Gasteiger partial charge < -0.3 is 4.90 Å². The number of carbonyl (C=O) groups is 1. The summed E-state index contributed by atoms with van der Waals surface area (Å²) in [7, 11) is 1.75. The molecule has 0 aliphatic carbocycles. The van der Waals surface area contributed by atoms with Crippen LogP contribution in [0.5, 0.6) is 0 Å². The summed E-state index contributed by atoms with van der Waals surface area (Å²) in [5.74, 6) is 0.307. The van der Waals surface area contributed by atoms with Crippen molar-refractivity contribution in [2.45, 2.75) is 13.1 Å². The van der Waals surface area contributed by atoms with Crippen LogP contribution in [0.4, 0.5) is 0 Å². The second-order valence-electron chi connectivity index (χ2n) is 5.36. The number of aromatic nitrogens is 4. The molecule has 24 heavy (non-hydrogen) atoms. The van der Waals surface area contributed by atoms with Crippen LogP contribution in [0.3, 0.4) is 0 Å². The minimum absolute atomic E-state index is 0.0286. The zero-order chi connectivity index (χ0) is 16.9. The fourth-order valence-electron chi connectivity index (χ4n) is 2.25. The third-order valence-corrected chi connectivity index (χ3v) is 3.86. The number of nitrogens with zero attached hydrogens (tertiary/aromatic N) is 5. The van der Waals surface area contributed by atoms with E-state index in [2.05, 4.69) is 15.4 Å². The molecule has 0 N–H and O–H groups in total. The van der Waals surface area contributed by atoms with E-state index >= 15 is 0 Å². The lowest BCUT2D eigenvalue weighted by atomic mass is 10.2. The molecule has 0 fully saturated rings. The lowest BCUT2D eigenvalue weighted by Crippen LogP contribution is -2.30. The molecule has 0 unspecified atom stereocenters. The van der Waals surface area contributed by atoms with Crippen molar-refractivity contribution in [2.75, 3.05) is 7.05 Å². The Balaban J connectivity index is 1.66. The molecule has 0 spiro atoms. The molecule has 3 rings (SSSR count). The highest BCUT2D eigenvalue weighted by molar-refractivity contribution is 6.33. The van der Waals surface area contributed by atoms with E-state index in [1.807, 2.05) is 48.5 Å². The first-order valence-corrected chi connectivity index (χ1v) is 7.82. The van der Waals surface area contributed by atoms with Crippen molar-refractivity contribution in [3.63, 3.8) is 0 Å². The zero-order valence-corrected chi connectivity index (χ0v) is 13.9. The predicted molar refractivity (Wildman–Crippen MR) is 91.2 cm³/mol. The molecule has 0 bridgehead atoms. The summed E-state index contributed by atoms with van der Waals surface area (Å²) in [6, 6.07) is 17.0. The van der Waals surface area contributed by atoms with Gasteiger partial charge in [0.1, 0.15) is 6.54 Å². The van der Waals surface area contributed by atoms with Crippen molar-refractivity contribution < 1.29 is 4.79 Å². The molecule has 0 aliphatic heterocycles. The molecule has 6 nitrogen and oxygen atoms in total. The summed E-state index contributed by atoms with van der Waals surface area (Å²) in [6.07, 6.45) is 0. The van der Waals surface area contributed by atoms with Crippen molar-refractivity contribution in [1.29, 1.82) is 0 Å². The van der Waals surface area contributed by atoms with E-state index in [9.17, 15) is 4.79 Å². The summed E-state index contributed by atoms with van der Waals surface area (Å²) in [5, 5.41) is 12.7. The molecule has 0 saturated carbocycles. The van der Waals surface area contributed by atoms with Crippen molar-refractivity contribution in [3.8, 4) is 11.4 Å². The largest absolute Gasteiger partial charge is 0.340 e. The molecule has 3 aromatic rings. The van der Waals surface area contributed by atoms with Gasteiger partial charge in [0, 0.05) is 19.2 Å². The number of likely N-dealkylation sites (N-methyl/N-ethyl adjacent to an activating group) is 1. The number of tetrazole rings is 1. The highest BCUT2D eigenvalue weighted by atomic mass is 35.5. The third-order valence-electron chi connectivity index (χ3n) is 3.53. The molecule has 1 heterocycles. The number of amides is 1. The molecule has 7 heteroatoms. The van der Waals surface area contributed by atoms with E-state index in [4.69, 9.17) is 11.6 Å². The maximum absolute atomic E-state index is 12.3. The normalized spacial score (nSPS) is 10.6. The Morgan fingerprint density at radius 3 is 2.58 bits per heavy atom. The standard InChI is InChI=1S/C17H16ClN5O/c1-22(11-13-7-3-2-4-8-13)16(24)12-23-20-17(19-21-23)14-9-5-6-10-15(14)18/h2-10H,11-12H2,1H3. The number of benzene rings is 2. The van der Waals surface area contributed by atoms with E-state index in [0.29, 0.717) is 23.0 Å². The maximum Gasteiger partial charge on any atom is 0.246 e. The first-order valence-electron chi connectivity index (χ1n) is 7.44. The topological polar surface area (TPSA) is 63.9 Å². The van der Waals surface area contributed by atoms with Crippen molar-refractivity contribution in [3.05, 3.63) is 65.2 Å². The first kappa shape index (κ1) is 16.1. The van der Waals surface area contributed by atoms with Crippen LogP contribution in [0.25, 0.3) is 11.4 Å². The van der Waals surface area contributed by atoms with Crippen molar-refractivity contribution >= 4 is 17.5 Å². The molecule has 2 aromatic carbocycles. The molecule has 1 aromatic heterocycles. The number of rotatable bonds is 5. The van der Waals surface area contributed by atoms with Gasteiger partial charge in [-0.25, -0.2) is 0 Å². The van der Waals surface area contributed by atoms with Crippen LogP contribution in [0.1, 0.15) is 5.56 Å². The second-order valence-corrected chi connectivity index (χ2v) is 5.77. The number of carbonyl (C=O) groups excluding carboxylic acids is 1.